The number of fused-ring (bicyclic) bond motifs is 1. The lowest BCUT2D eigenvalue weighted by Crippen LogP contribution is -2.33. The molecule has 108 valence electrons. The van der Waals surface area contributed by atoms with Gasteiger partial charge in [-0.2, -0.15) is 0 Å². The average molecular weight is 296 g/mol. The van der Waals surface area contributed by atoms with Crippen molar-refractivity contribution in [3.05, 3.63) is 24.0 Å². The molecule has 2 rings (SSSR count). The van der Waals surface area contributed by atoms with E-state index in [0.29, 0.717) is 5.82 Å². The third kappa shape index (κ3) is 3.04. The number of benzene rings is 1. The Morgan fingerprint density at radius 2 is 2.25 bits per heavy atom. The van der Waals surface area contributed by atoms with Gasteiger partial charge in [-0.25, -0.2) is 4.98 Å². The van der Waals surface area contributed by atoms with Gasteiger partial charge < -0.3 is 14.6 Å². The molecule has 0 spiro atoms. The highest BCUT2D eigenvalue weighted by Crippen LogP contribution is 2.22. The van der Waals surface area contributed by atoms with Crippen LogP contribution in [0.15, 0.2) is 18.2 Å². The van der Waals surface area contributed by atoms with Gasteiger partial charge in [-0.3, -0.25) is 4.79 Å². The van der Waals surface area contributed by atoms with Gasteiger partial charge in [0.2, 0.25) is 5.91 Å². The van der Waals surface area contributed by atoms with Crippen LogP contribution in [0.3, 0.4) is 0 Å². The minimum Gasteiger partial charge on any atom is -0.497 e. The molecule has 0 saturated carbocycles. The highest BCUT2D eigenvalue weighted by Gasteiger charge is 2.14. The Morgan fingerprint density at radius 3 is 2.85 bits per heavy atom. The minimum absolute atomic E-state index is 0.0542. The lowest BCUT2D eigenvalue weighted by molar-refractivity contribution is -0.122. The molecule has 1 amide bonds. The predicted molar refractivity (Wildman–Crippen MR) is 79.1 cm³/mol. The first kappa shape index (κ1) is 14.7. The van der Waals surface area contributed by atoms with Gasteiger partial charge in [0.1, 0.15) is 18.1 Å². The maximum absolute atomic E-state index is 11.9. The van der Waals surface area contributed by atoms with Gasteiger partial charge in [-0.15, -0.1) is 11.6 Å². The number of methoxy groups -OCH3 is 1. The quantitative estimate of drug-likeness (QED) is 0.861. The summed E-state index contributed by atoms with van der Waals surface area (Å²) in [4.78, 5) is 16.4. The number of aromatic nitrogens is 2. The molecule has 0 aliphatic heterocycles. The molecule has 1 heterocycles. The van der Waals surface area contributed by atoms with Crippen molar-refractivity contribution in [2.45, 2.75) is 32.3 Å². The smallest absolute Gasteiger partial charge is 0.240 e. The fourth-order valence-corrected chi connectivity index (χ4v) is 2.28. The molecule has 1 aromatic carbocycles. The Balaban J connectivity index is 2.38. The Labute approximate surface area is 122 Å². The number of alkyl halides is 1. The van der Waals surface area contributed by atoms with E-state index < -0.39 is 0 Å². The summed E-state index contributed by atoms with van der Waals surface area (Å²) >= 11 is 5.92. The number of hydrogen-bond acceptors (Lipinski definition) is 3. The first-order chi connectivity index (χ1) is 9.55. The summed E-state index contributed by atoms with van der Waals surface area (Å²) in [7, 11) is 1.61. The minimum atomic E-state index is -0.0542. The normalized spacial score (nSPS) is 11.1. The van der Waals surface area contributed by atoms with Gasteiger partial charge in [0.05, 0.1) is 24.0 Å². The van der Waals surface area contributed by atoms with Crippen molar-refractivity contribution in [1.29, 1.82) is 0 Å². The third-order valence-electron chi connectivity index (χ3n) is 2.91. The summed E-state index contributed by atoms with van der Waals surface area (Å²) in [6.07, 6.45) is 0. The van der Waals surface area contributed by atoms with Gasteiger partial charge in [-0.1, -0.05) is 0 Å². The fraction of sp³-hybridized carbons (Fsp3) is 0.429. The topological polar surface area (TPSA) is 56.2 Å². The Hall–Kier alpha value is -1.75. The van der Waals surface area contributed by atoms with E-state index in [9.17, 15) is 4.79 Å². The van der Waals surface area contributed by atoms with Crippen molar-refractivity contribution in [2.75, 3.05) is 7.11 Å². The highest BCUT2D eigenvalue weighted by molar-refractivity contribution is 6.16. The van der Waals surface area contributed by atoms with Crippen LogP contribution in [0.1, 0.15) is 19.7 Å². The third-order valence-corrected chi connectivity index (χ3v) is 3.14. The molecule has 2 aromatic rings. The number of nitrogens with zero attached hydrogens (tertiary/aromatic N) is 2. The summed E-state index contributed by atoms with van der Waals surface area (Å²) in [5.41, 5.74) is 1.65. The zero-order valence-electron chi connectivity index (χ0n) is 11.8. The van der Waals surface area contributed by atoms with Crippen molar-refractivity contribution in [3.63, 3.8) is 0 Å². The highest BCUT2D eigenvalue weighted by atomic mass is 35.5. The van der Waals surface area contributed by atoms with E-state index in [4.69, 9.17) is 16.3 Å². The summed E-state index contributed by atoms with van der Waals surface area (Å²) in [6.45, 7) is 4.07. The van der Waals surface area contributed by atoms with Gasteiger partial charge in [0.15, 0.2) is 0 Å². The Bertz CT molecular complexity index is 622. The molecule has 0 fully saturated rings. The molecule has 0 radical (unpaired) electrons. The van der Waals surface area contributed by atoms with E-state index in [1.165, 1.54) is 0 Å². The van der Waals surface area contributed by atoms with Crippen molar-refractivity contribution < 1.29 is 9.53 Å². The van der Waals surface area contributed by atoms with Crippen molar-refractivity contribution >= 4 is 28.5 Å². The molecule has 6 heteroatoms. The van der Waals surface area contributed by atoms with Crippen LogP contribution in [-0.4, -0.2) is 28.6 Å². The lowest BCUT2D eigenvalue weighted by Gasteiger charge is -2.11. The number of halogens is 1. The van der Waals surface area contributed by atoms with Crippen LogP contribution >= 0.6 is 11.6 Å². The number of carbonyl (C=O) groups is 1. The van der Waals surface area contributed by atoms with E-state index in [0.717, 1.165) is 16.8 Å². The van der Waals surface area contributed by atoms with E-state index in [1.807, 2.05) is 36.6 Å². The molecule has 0 bridgehead atoms. The van der Waals surface area contributed by atoms with Crippen molar-refractivity contribution in [1.82, 2.24) is 14.9 Å². The molecular weight excluding hydrogens is 278 g/mol. The molecule has 0 saturated heterocycles. The molecule has 0 atom stereocenters. The van der Waals surface area contributed by atoms with Crippen LogP contribution in [0.2, 0.25) is 0 Å². The molecule has 20 heavy (non-hydrogen) atoms. The maximum atomic E-state index is 11.9. The van der Waals surface area contributed by atoms with Crippen LogP contribution in [0.25, 0.3) is 11.0 Å². The molecule has 1 aromatic heterocycles. The first-order valence-electron chi connectivity index (χ1n) is 6.43. The van der Waals surface area contributed by atoms with Gasteiger partial charge in [0, 0.05) is 12.1 Å². The van der Waals surface area contributed by atoms with E-state index in [1.54, 1.807) is 7.11 Å². The molecule has 0 aliphatic carbocycles. The van der Waals surface area contributed by atoms with Gasteiger partial charge in [0.25, 0.3) is 0 Å². The average Bonchev–Trinajstić information content (AvgIpc) is 2.74. The molecular formula is C14H18ClN3O2. The zero-order chi connectivity index (χ0) is 14.7. The Kier molecular flexibility index (Phi) is 4.49. The number of hydrogen-bond donors (Lipinski definition) is 1. The second-order valence-electron chi connectivity index (χ2n) is 4.82. The van der Waals surface area contributed by atoms with E-state index in [2.05, 4.69) is 10.3 Å². The number of carbonyl (C=O) groups excluding carboxylic acids is 1. The standard InChI is InChI=1S/C14H18ClN3O2/c1-9(2)16-14(19)8-18-12-5-4-10(20-3)6-11(12)17-13(18)7-15/h4-6,9H,7-8H2,1-3H3,(H,16,19). The number of imidazole rings is 1. The lowest BCUT2D eigenvalue weighted by atomic mass is 10.3. The monoisotopic (exact) mass is 295 g/mol. The van der Waals surface area contributed by atoms with E-state index in [-0.39, 0.29) is 24.4 Å². The second kappa shape index (κ2) is 6.13. The number of amides is 1. The largest absolute Gasteiger partial charge is 0.497 e. The number of rotatable bonds is 5. The number of nitrogens with one attached hydrogen (secondary N) is 1. The summed E-state index contributed by atoms with van der Waals surface area (Å²) in [6, 6.07) is 5.68. The van der Waals surface area contributed by atoms with Crippen LogP contribution < -0.4 is 10.1 Å². The van der Waals surface area contributed by atoms with Crippen LogP contribution in [0.5, 0.6) is 5.75 Å². The maximum Gasteiger partial charge on any atom is 0.240 e. The first-order valence-corrected chi connectivity index (χ1v) is 6.97. The summed E-state index contributed by atoms with van der Waals surface area (Å²) < 4.78 is 7.01. The van der Waals surface area contributed by atoms with Crippen LogP contribution in [0.4, 0.5) is 0 Å². The summed E-state index contributed by atoms with van der Waals surface area (Å²) in [5.74, 6) is 1.61. The Morgan fingerprint density at radius 1 is 1.50 bits per heavy atom. The summed E-state index contributed by atoms with van der Waals surface area (Å²) in [5, 5.41) is 2.86. The zero-order valence-corrected chi connectivity index (χ0v) is 12.6. The van der Waals surface area contributed by atoms with Gasteiger partial charge >= 0.3 is 0 Å². The van der Waals surface area contributed by atoms with Crippen LogP contribution in [-0.2, 0) is 17.2 Å². The second-order valence-corrected chi connectivity index (χ2v) is 5.09. The predicted octanol–water partition coefficient (Wildman–Crippen LogP) is 2.31. The van der Waals surface area contributed by atoms with E-state index >= 15 is 0 Å². The molecule has 0 unspecified atom stereocenters. The number of ether oxygens (including phenoxy) is 1. The van der Waals surface area contributed by atoms with Crippen molar-refractivity contribution in [2.24, 2.45) is 0 Å². The molecule has 1 N–H and O–H groups in total. The van der Waals surface area contributed by atoms with Crippen LogP contribution in [0, 0.1) is 0 Å². The SMILES string of the molecule is COc1ccc2c(c1)nc(CCl)n2CC(=O)NC(C)C. The molecule has 5 nitrogen and oxygen atoms in total. The fourth-order valence-electron chi connectivity index (χ4n) is 2.08. The molecule has 0 aliphatic rings. The van der Waals surface area contributed by atoms with Gasteiger partial charge in [-0.05, 0) is 26.0 Å². The van der Waals surface area contributed by atoms with Crippen molar-refractivity contribution in [3.8, 4) is 5.75 Å².